The molecule has 2 saturated heterocycles. The number of fused-ring (bicyclic) bond motifs is 4. The summed E-state index contributed by atoms with van der Waals surface area (Å²) in [6.07, 6.45) is 0.989. The van der Waals surface area contributed by atoms with Crippen molar-refractivity contribution in [3.05, 3.63) is 59.7 Å². The molecular weight excluding hydrogens is 410 g/mol. The van der Waals surface area contributed by atoms with Crippen molar-refractivity contribution in [2.75, 3.05) is 25.6 Å². The molecule has 2 aromatic carbocycles. The van der Waals surface area contributed by atoms with Crippen LogP contribution in [0.4, 0.5) is 5.69 Å². The zero-order chi connectivity index (χ0) is 22.5. The number of carbonyl (C=O) groups is 3. The maximum Gasteiger partial charge on any atom is 0.250 e. The van der Waals surface area contributed by atoms with Gasteiger partial charge in [-0.05, 0) is 36.6 Å². The second-order valence-corrected chi connectivity index (χ2v) is 8.61. The van der Waals surface area contributed by atoms with Crippen LogP contribution in [0.2, 0.25) is 0 Å². The molecule has 0 saturated carbocycles. The molecule has 2 aromatic rings. The van der Waals surface area contributed by atoms with Gasteiger partial charge in [0, 0.05) is 37.6 Å². The lowest BCUT2D eigenvalue weighted by atomic mass is 9.76. The number of nitrogens with zero attached hydrogens (tertiary/aromatic N) is 1. The van der Waals surface area contributed by atoms with Crippen molar-refractivity contribution in [2.24, 2.45) is 11.8 Å². The van der Waals surface area contributed by atoms with Crippen molar-refractivity contribution >= 4 is 23.4 Å². The molecule has 3 N–H and O–H groups in total. The van der Waals surface area contributed by atoms with Gasteiger partial charge in [0.15, 0.2) is 0 Å². The molecule has 3 amide bonds. The zero-order valence-corrected chi connectivity index (χ0v) is 17.7. The second-order valence-electron chi connectivity index (χ2n) is 8.61. The number of rotatable bonds is 6. The number of carbonyl (C=O) groups excluding carboxylic acids is 3. The maximum absolute atomic E-state index is 13.6. The Labute approximate surface area is 185 Å². The summed E-state index contributed by atoms with van der Waals surface area (Å²) in [7, 11) is 1.58. The van der Waals surface area contributed by atoms with Crippen molar-refractivity contribution in [1.29, 1.82) is 0 Å². The largest absolute Gasteiger partial charge is 0.508 e. The molecule has 1 spiro atoms. The number of phenolic OH excluding ortho intramolecular Hbond substituents is 1. The Morgan fingerprint density at radius 3 is 2.56 bits per heavy atom. The highest BCUT2D eigenvalue weighted by Crippen LogP contribution is 2.53. The number of likely N-dealkylation sites (tertiary alicyclic amines) is 1. The van der Waals surface area contributed by atoms with Gasteiger partial charge >= 0.3 is 0 Å². The predicted molar refractivity (Wildman–Crippen MR) is 116 cm³/mol. The Bertz CT molecular complexity index is 1090. The van der Waals surface area contributed by atoms with Crippen molar-refractivity contribution in [3.8, 4) is 5.75 Å². The van der Waals surface area contributed by atoms with Crippen LogP contribution in [-0.4, -0.2) is 54.0 Å². The van der Waals surface area contributed by atoms with Crippen molar-refractivity contribution < 1.29 is 24.2 Å². The molecule has 3 aliphatic rings. The van der Waals surface area contributed by atoms with E-state index in [2.05, 4.69) is 10.6 Å². The van der Waals surface area contributed by atoms with Crippen molar-refractivity contribution in [1.82, 2.24) is 10.2 Å². The number of hydrogen-bond donors (Lipinski definition) is 3. The molecule has 8 heteroatoms. The molecule has 3 aliphatic heterocycles. The van der Waals surface area contributed by atoms with E-state index in [1.807, 2.05) is 24.3 Å². The molecule has 0 unspecified atom stereocenters. The molecule has 0 aliphatic carbocycles. The molecule has 166 valence electrons. The molecule has 32 heavy (non-hydrogen) atoms. The Hall–Kier alpha value is -3.23. The van der Waals surface area contributed by atoms with Gasteiger partial charge in [0.25, 0.3) is 0 Å². The van der Waals surface area contributed by atoms with Gasteiger partial charge in [-0.1, -0.05) is 30.3 Å². The average molecular weight is 435 g/mol. The lowest BCUT2D eigenvalue weighted by Crippen LogP contribution is -2.53. The molecule has 0 bridgehead atoms. The zero-order valence-electron chi connectivity index (χ0n) is 17.7. The first kappa shape index (κ1) is 20.7. The first-order valence-corrected chi connectivity index (χ1v) is 10.8. The summed E-state index contributed by atoms with van der Waals surface area (Å²) in [6, 6.07) is 13.7. The number of phenols is 1. The van der Waals surface area contributed by atoms with Gasteiger partial charge in [0.05, 0.1) is 11.8 Å². The van der Waals surface area contributed by atoms with E-state index in [9.17, 15) is 19.5 Å². The van der Waals surface area contributed by atoms with Crippen LogP contribution in [0.25, 0.3) is 0 Å². The number of amides is 3. The number of para-hydroxylation sites is 1. The van der Waals surface area contributed by atoms with Gasteiger partial charge < -0.3 is 15.2 Å². The van der Waals surface area contributed by atoms with E-state index >= 15 is 0 Å². The number of imide groups is 1. The Morgan fingerprint density at radius 2 is 1.81 bits per heavy atom. The third kappa shape index (κ3) is 2.94. The molecular formula is C24H25N3O5. The lowest BCUT2D eigenvalue weighted by molar-refractivity contribution is -0.143. The fourth-order valence-electron chi connectivity index (χ4n) is 5.47. The molecule has 8 nitrogen and oxygen atoms in total. The van der Waals surface area contributed by atoms with Crippen molar-refractivity contribution in [2.45, 2.75) is 24.4 Å². The maximum atomic E-state index is 13.6. The summed E-state index contributed by atoms with van der Waals surface area (Å²) >= 11 is 0. The van der Waals surface area contributed by atoms with E-state index in [0.29, 0.717) is 30.7 Å². The van der Waals surface area contributed by atoms with E-state index in [0.717, 1.165) is 5.56 Å². The number of hydrogen-bond acceptors (Lipinski definition) is 6. The number of nitrogens with one attached hydrogen (secondary N) is 2. The number of aromatic hydroxyl groups is 1. The summed E-state index contributed by atoms with van der Waals surface area (Å²) in [4.78, 5) is 41.7. The van der Waals surface area contributed by atoms with E-state index in [1.54, 1.807) is 31.4 Å². The molecule has 2 fully saturated rings. The number of ether oxygens (including phenoxy) is 1. The van der Waals surface area contributed by atoms with Crippen LogP contribution in [0.5, 0.6) is 5.75 Å². The highest BCUT2D eigenvalue weighted by Gasteiger charge is 2.70. The fraction of sp³-hybridized carbons (Fsp3) is 0.375. The average Bonchev–Trinajstić information content (AvgIpc) is 3.36. The quantitative estimate of drug-likeness (QED) is 0.468. The summed E-state index contributed by atoms with van der Waals surface area (Å²) in [5.74, 6) is -2.19. The third-order valence-electron chi connectivity index (χ3n) is 6.84. The minimum atomic E-state index is -1.29. The van der Waals surface area contributed by atoms with Crippen LogP contribution < -0.4 is 10.6 Å². The smallest absolute Gasteiger partial charge is 0.250 e. The number of anilines is 1. The minimum Gasteiger partial charge on any atom is -0.508 e. The SMILES string of the molecule is COCCCN1C(=O)[C@@H]2[C@H](Cc3ccc(O)cc3)N[C@@]3(C(=O)Nc4ccccc43)[C@H]2C1=O. The topological polar surface area (TPSA) is 108 Å². The Kier molecular flexibility index (Phi) is 4.98. The van der Waals surface area contributed by atoms with Crippen LogP contribution in [0.3, 0.4) is 0 Å². The van der Waals surface area contributed by atoms with Gasteiger partial charge in [-0.15, -0.1) is 0 Å². The van der Waals surface area contributed by atoms with Crippen LogP contribution in [0.15, 0.2) is 48.5 Å². The lowest BCUT2D eigenvalue weighted by Gasteiger charge is -2.29. The van der Waals surface area contributed by atoms with Gasteiger partial charge in [-0.25, -0.2) is 0 Å². The van der Waals surface area contributed by atoms with Gasteiger partial charge in [0.1, 0.15) is 11.3 Å². The van der Waals surface area contributed by atoms with Gasteiger partial charge in [-0.3, -0.25) is 24.6 Å². The Balaban J connectivity index is 1.56. The van der Waals surface area contributed by atoms with Crippen LogP contribution in [-0.2, 0) is 31.1 Å². The third-order valence-corrected chi connectivity index (χ3v) is 6.84. The van der Waals surface area contributed by atoms with E-state index in [4.69, 9.17) is 4.74 Å². The molecule has 0 radical (unpaired) electrons. The van der Waals surface area contributed by atoms with E-state index in [1.165, 1.54) is 4.90 Å². The van der Waals surface area contributed by atoms with Crippen molar-refractivity contribution in [3.63, 3.8) is 0 Å². The van der Waals surface area contributed by atoms with E-state index < -0.39 is 23.4 Å². The molecule has 4 atom stereocenters. The monoisotopic (exact) mass is 435 g/mol. The molecule has 3 heterocycles. The summed E-state index contributed by atoms with van der Waals surface area (Å²) in [6.45, 7) is 0.708. The highest BCUT2D eigenvalue weighted by molar-refractivity contribution is 6.15. The molecule has 0 aromatic heterocycles. The van der Waals surface area contributed by atoms with Gasteiger partial charge in [-0.2, -0.15) is 0 Å². The standard InChI is InChI=1S/C24H25N3O5/c1-32-12-4-11-27-21(29)19-18(13-14-7-9-15(28)10-8-14)26-24(20(19)22(27)30)16-5-2-3-6-17(16)25-23(24)31/h2-3,5-10,18-20,26,28H,4,11-13H2,1H3,(H,25,31)/t18-,19+,20+,24+/m0/s1. The first-order chi connectivity index (χ1) is 15.5. The minimum absolute atomic E-state index is 0.156. The fourth-order valence-corrected chi connectivity index (χ4v) is 5.47. The van der Waals surface area contributed by atoms with Crippen LogP contribution in [0.1, 0.15) is 17.5 Å². The number of methoxy groups -OCH3 is 1. The van der Waals surface area contributed by atoms with Gasteiger partial charge in [0.2, 0.25) is 17.7 Å². The Morgan fingerprint density at radius 1 is 1.06 bits per heavy atom. The highest BCUT2D eigenvalue weighted by atomic mass is 16.5. The second kappa shape index (κ2) is 7.72. The van der Waals surface area contributed by atoms with Crippen LogP contribution >= 0.6 is 0 Å². The van der Waals surface area contributed by atoms with E-state index in [-0.39, 0.29) is 30.0 Å². The molecule has 5 rings (SSSR count). The predicted octanol–water partition coefficient (Wildman–Crippen LogP) is 1.39. The summed E-state index contributed by atoms with van der Waals surface area (Å²) in [5, 5.41) is 15.9. The normalized spacial score (nSPS) is 28.3. The summed E-state index contributed by atoms with van der Waals surface area (Å²) in [5.41, 5.74) is 0.979. The van der Waals surface area contributed by atoms with Crippen LogP contribution in [0, 0.1) is 11.8 Å². The number of benzene rings is 2. The first-order valence-electron chi connectivity index (χ1n) is 10.8. The summed E-state index contributed by atoms with van der Waals surface area (Å²) < 4.78 is 5.09.